The van der Waals surface area contributed by atoms with Gasteiger partial charge in [0.1, 0.15) is 5.82 Å². The summed E-state index contributed by atoms with van der Waals surface area (Å²) in [6.45, 7) is 1.68. The van der Waals surface area contributed by atoms with E-state index in [-0.39, 0.29) is 0 Å². The number of thioether (sulfide) groups is 1. The van der Waals surface area contributed by atoms with E-state index in [0.717, 1.165) is 10.7 Å². The number of hydrogen-bond donors (Lipinski definition) is 1. The summed E-state index contributed by atoms with van der Waals surface area (Å²) < 4.78 is 18.7. The molecule has 0 spiro atoms. The van der Waals surface area contributed by atoms with E-state index < -0.39 is 23.8 Å². The van der Waals surface area contributed by atoms with Gasteiger partial charge in [0.15, 0.2) is 0 Å². The van der Waals surface area contributed by atoms with Crippen LogP contribution in [0, 0.1) is 5.82 Å². The maximum Gasteiger partial charge on any atom is 0.312 e. The Kier molecular flexibility index (Phi) is 4.83. The van der Waals surface area contributed by atoms with Crippen LogP contribution < -0.4 is 0 Å². The van der Waals surface area contributed by atoms with Crippen LogP contribution in [0.4, 0.5) is 4.39 Å². The van der Waals surface area contributed by atoms with Crippen LogP contribution in [0.25, 0.3) is 6.08 Å². The third kappa shape index (κ3) is 3.22. The Morgan fingerprint density at radius 2 is 2.35 bits per heavy atom. The number of carbonyl (C=O) groups is 1. The molecule has 0 amide bonds. The molecule has 1 aromatic carbocycles. The fraction of sp³-hybridized carbons (Fsp3) is 0.400. The van der Waals surface area contributed by atoms with Gasteiger partial charge in [0, 0.05) is 16.2 Å². The van der Waals surface area contributed by atoms with Crippen molar-refractivity contribution in [3.8, 4) is 0 Å². The molecule has 0 aromatic heterocycles. The van der Waals surface area contributed by atoms with Gasteiger partial charge in [-0.2, -0.15) is 0 Å². The fourth-order valence-corrected chi connectivity index (χ4v) is 3.16. The summed E-state index contributed by atoms with van der Waals surface area (Å²) in [6.07, 6.45) is 1.88. The molecule has 2 atom stereocenters. The standard InChI is InChI=1S/C15H17FO3S/c1-9(15(18)19-2)10-3-4-11(12(16)7-10)8-14-13(17)5-6-20-14/h3-4,7-9,13,17H,5-6H2,1-2H3. The molecule has 3 nitrogen and oxygen atoms in total. The monoisotopic (exact) mass is 296 g/mol. The topological polar surface area (TPSA) is 46.5 Å². The maximum atomic E-state index is 14.1. The molecular weight excluding hydrogens is 279 g/mol. The van der Waals surface area contributed by atoms with E-state index in [4.69, 9.17) is 0 Å². The second-order valence-corrected chi connectivity index (χ2v) is 5.89. The van der Waals surface area contributed by atoms with Crippen LogP contribution in [0.5, 0.6) is 0 Å². The SMILES string of the molecule is COC(=O)C(C)c1ccc(C=C2SCCC2O)c(F)c1. The van der Waals surface area contributed by atoms with Gasteiger partial charge >= 0.3 is 5.97 Å². The molecular formula is C15H17FO3S. The van der Waals surface area contributed by atoms with E-state index in [9.17, 15) is 14.3 Å². The lowest BCUT2D eigenvalue weighted by Crippen LogP contribution is -2.11. The molecule has 20 heavy (non-hydrogen) atoms. The van der Waals surface area contributed by atoms with Crippen molar-refractivity contribution >= 4 is 23.8 Å². The summed E-state index contributed by atoms with van der Waals surface area (Å²) in [5.41, 5.74) is 1.00. The fourth-order valence-electron chi connectivity index (χ4n) is 2.06. The number of benzene rings is 1. The van der Waals surface area contributed by atoms with Crippen LogP contribution in [-0.4, -0.2) is 30.0 Å². The molecule has 1 N–H and O–H groups in total. The highest BCUT2D eigenvalue weighted by atomic mass is 32.2. The largest absolute Gasteiger partial charge is 0.469 e. The van der Waals surface area contributed by atoms with Gasteiger partial charge in [0.2, 0.25) is 0 Å². The van der Waals surface area contributed by atoms with Gasteiger partial charge in [0.25, 0.3) is 0 Å². The zero-order valence-corrected chi connectivity index (χ0v) is 12.2. The number of ether oxygens (including phenoxy) is 1. The molecule has 0 bridgehead atoms. The summed E-state index contributed by atoms with van der Waals surface area (Å²) in [6, 6.07) is 4.69. The third-order valence-electron chi connectivity index (χ3n) is 3.37. The van der Waals surface area contributed by atoms with E-state index in [1.165, 1.54) is 13.2 Å². The Morgan fingerprint density at radius 1 is 1.60 bits per heavy atom. The van der Waals surface area contributed by atoms with Crippen molar-refractivity contribution in [1.29, 1.82) is 0 Å². The molecule has 108 valence electrons. The summed E-state index contributed by atoms with van der Waals surface area (Å²) in [5, 5.41) is 9.72. The number of carbonyl (C=O) groups excluding carboxylic acids is 1. The van der Waals surface area contributed by atoms with Crippen LogP contribution in [0.2, 0.25) is 0 Å². The molecule has 0 radical (unpaired) electrons. The lowest BCUT2D eigenvalue weighted by molar-refractivity contribution is -0.141. The zero-order valence-electron chi connectivity index (χ0n) is 11.4. The van der Waals surface area contributed by atoms with Crippen molar-refractivity contribution in [1.82, 2.24) is 0 Å². The van der Waals surface area contributed by atoms with Gasteiger partial charge in [-0.15, -0.1) is 11.8 Å². The molecule has 0 aliphatic carbocycles. The number of aliphatic hydroxyl groups is 1. The summed E-state index contributed by atoms with van der Waals surface area (Å²) in [7, 11) is 1.31. The van der Waals surface area contributed by atoms with E-state index in [2.05, 4.69) is 4.74 Å². The van der Waals surface area contributed by atoms with Gasteiger partial charge in [-0.1, -0.05) is 12.1 Å². The first kappa shape index (κ1) is 15.1. The van der Waals surface area contributed by atoms with E-state index >= 15 is 0 Å². The first-order valence-electron chi connectivity index (χ1n) is 6.42. The Hall–Kier alpha value is -1.33. The highest BCUT2D eigenvalue weighted by Gasteiger charge is 2.20. The molecule has 1 heterocycles. The Labute approximate surface area is 121 Å². The average Bonchev–Trinajstić information content (AvgIpc) is 2.84. The molecule has 1 fully saturated rings. The van der Waals surface area contributed by atoms with Gasteiger partial charge in [-0.05, 0) is 31.1 Å². The average molecular weight is 296 g/mol. The van der Waals surface area contributed by atoms with Gasteiger partial charge in [-0.25, -0.2) is 4.39 Å². The molecule has 2 unspecified atom stereocenters. The van der Waals surface area contributed by atoms with E-state index in [0.29, 0.717) is 17.5 Å². The summed E-state index contributed by atoms with van der Waals surface area (Å²) >= 11 is 1.54. The van der Waals surface area contributed by atoms with Crippen LogP contribution in [0.1, 0.15) is 30.4 Å². The van der Waals surface area contributed by atoms with Crippen molar-refractivity contribution in [3.63, 3.8) is 0 Å². The predicted molar refractivity (Wildman–Crippen MR) is 77.9 cm³/mol. The number of aliphatic hydroxyl groups excluding tert-OH is 1. The molecule has 1 saturated heterocycles. The second kappa shape index (κ2) is 6.41. The zero-order chi connectivity index (χ0) is 14.7. The highest BCUT2D eigenvalue weighted by Crippen LogP contribution is 2.33. The van der Waals surface area contributed by atoms with Crippen LogP contribution in [0.15, 0.2) is 23.1 Å². The van der Waals surface area contributed by atoms with Gasteiger partial charge < -0.3 is 9.84 Å². The quantitative estimate of drug-likeness (QED) is 0.871. The minimum Gasteiger partial charge on any atom is -0.469 e. The highest BCUT2D eigenvalue weighted by molar-refractivity contribution is 8.03. The van der Waals surface area contributed by atoms with Crippen molar-refractivity contribution in [2.75, 3.05) is 12.9 Å². The third-order valence-corrected chi connectivity index (χ3v) is 4.53. The van der Waals surface area contributed by atoms with Gasteiger partial charge in [0.05, 0.1) is 19.1 Å². The molecule has 1 aromatic rings. The number of halogens is 1. The molecule has 2 rings (SSSR count). The van der Waals surface area contributed by atoms with Gasteiger partial charge in [-0.3, -0.25) is 4.79 Å². The molecule has 5 heteroatoms. The number of methoxy groups -OCH3 is 1. The van der Waals surface area contributed by atoms with Crippen molar-refractivity contribution in [3.05, 3.63) is 40.0 Å². The van der Waals surface area contributed by atoms with Crippen LogP contribution >= 0.6 is 11.8 Å². The molecule has 1 aliphatic rings. The van der Waals surface area contributed by atoms with Crippen molar-refractivity contribution < 1.29 is 19.0 Å². The Bertz CT molecular complexity index is 542. The number of hydrogen-bond acceptors (Lipinski definition) is 4. The van der Waals surface area contributed by atoms with E-state index in [1.807, 2.05) is 0 Å². The normalized spacial score (nSPS) is 22.0. The molecule has 0 saturated carbocycles. The smallest absolute Gasteiger partial charge is 0.312 e. The first-order valence-corrected chi connectivity index (χ1v) is 7.41. The minimum absolute atomic E-state index is 0.391. The number of rotatable bonds is 3. The predicted octanol–water partition coefficient (Wildman–Crippen LogP) is 2.94. The van der Waals surface area contributed by atoms with Crippen molar-refractivity contribution in [2.45, 2.75) is 25.4 Å². The summed E-state index contributed by atoms with van der Waals surface area (Å²) in [5.74, 6) is -0.433. The van der Waals surface area contributed by atoms with Crippen molar-refractivity contribution in [2.24, 2.45) is 0 Å². The minimum atomic E-state index is -0.498. The molecule has 1 aliphatic heterocycles. The van der Waals surface area contributed by atoms with E-state index in [1.54, 1.807) is 36.9 Å². The lowest BCUT2D eigenvalue weighted by Gasteiger charge is -2.10. The van der Waals surface area contributed by atoms with Crippen LogP contribution in [-0.2, 0) is 9.53 Å². The van der Waals surface area contributed by atoms with Crippen LogP contribution in [0.3, 0.4) is 0 Å². The number of esters is 1. The maximum absolute atomic E-state index is 14.1. The Morgan fingerprint density at radius 3 is 2.90 bits per heavy atom. The lowest BCUT2D eigenvalue weighted by atomic mass is 9.99. The Balaban J connectivity index is 2.24. The first-order chi connectivity index (χ1) is 9.52. The summed E-state index contributed by atoms with van der Waals surface area (Å²) in [4.78, 5) is 12.2. The second-order valence-electron chi connectivity index (χ2n) is 4.73.